The fraction of sp³-hybridized carbons (Fsp3) is 1.00. The lowest BCUT2D eigenvalue weighted by atomic mass is 9.73. The molecule has 1 aliphatic rings. The Morgan fingerprint density at radius 2 is 1.50 bits per heavy atom. The van der Waals surface area contributed by atoms with E-state index >= 15 is 0 Å². The Morgan fingerprint density at radius 3 is 1.69 bits per heavy atom. The van der Waals surface area contributed by atoms with E-state index in [1.54, 1.807) is 13.8 Å². The monoisotopic (exact) mass is 234 g/mol. The van der Waals surface area contributed by atoms with Crippen LogP contribution in [-0.4, -0.2) is 35.4 Å². The van der Waals surface area contributed by atoms with Gasteiger partial charge >= 0.3 is 0 Å². The first-order valence-corrected chi connectivity index (χ1v) is 4.77. The lowest BCUT2D eigenvalue weighted by molar-refractivity contribution is -0.567. The van der Waals surface area contributed by atoms with Gasteiger partial charge in [-0.3, -0.25) is 0 Å². The van der Waals surface area contributed by atoms with Crippen molar-refractivity contribution in [1.82, 2.24) is 10.9 Å². The molecule has 0 radical (unpaired) electrons. The van der Waals surface area contributed by atoms with Crippen molar-refractivity contribution in [2.75, 3.05) is 13.2 Å². The standard InChI is InChI=1S/C7H14N4O5/c1-5(8-10(12)13)7(3-16-4-7)6(2)9-11(14)15/h5-6,8-9H,3-4H2,1-2H3. The number of rotatable bonds is 6. The Balaban J connectivity index is 2.68. The largest absolute Gasteiger partial charge is 0.380 e. The van der Waals surface area contributed by atoms with E-state index in [0.717, 1.165) is 0 Å². The molecular formula is C7H14N4O5. The van der Waals surface area contributed by atoms with Gasteiger partial charge in [0.2, 0.25) is 0 Å². The predicted molar refractivity (Wildman–Crippen MR) is 52.4 cm³/mol. The molecule has 0 bridgehead atoms. The molecule has 1 rings (SSSR count). The molecule has 0 spiro atoms. The number of nitro groups is 2. The summed E-state index contributed by atoms with van der Waals surface area (Å²) in [4.78, 5) is 20.7. The zero-order valence-corrected chi connectivity index (χ0v) is 9.00. The lowest BCUT2D eigenvalue weighted by Crippen LogP contribution is -2.65. The van der Waals surface area contributed by atoms with Crippen LogP contribution in [0.25, 0.3) is 0 Å². The van der Waals surface area contributed by atoms with Crippen molar-refractivity contribution in [2.45, 2.75) is 25.9 Å². The molecule has 0 aromatic rings. The third-order valence-corrected chi connectivity index (χ3v) is 3.06. The maximum Gasteiger partial charge on any atom is 0.157 e. The third-order valence-electron chi connectivity index (χ3n) is 3.06. The lowest BCUT2D eigenvalue weighted by Gasteiger charge is -2.46. The summed E-state index contributed by atoms with van der Waals surface area (Å²) in [6.07, 6.45) is 0. The summed E-state index contributed by atoms with van der Waals surface area (Å²) >= 11 is 0. The van der Waals surface area contributed by atoms with Crippen molar-refractivity contribution in [3.8, 4) is 0 Å². The number of hydrogen-bond acceptors (Lipinski definition) is 5. The summed E-state index contributed by atoms with van der Waals surface area (Å²) in [5.41, 5.74) is 3.61. The van der Waals surface area contributed by atoms with E-state index in [1.807, 2.05) is 0 Å². The Labute approximate surface area is 91.4 Å². The first kappa shape index (κ1) is 12.4. The Bertz CT molecular complexity index is 269. The van der Waals surface area contributed by atoms with Crippen LogP contribution >= 0.6 is 0 Å². The number of nitrogens with zero attached hydrogens (tertiary/aromatic N) is 2. The molecule has 2 atom stereocenters. The summed E-state index contributed by atoms with van der Waals surface area (Å²) in [6, 6.07) is -1.03. The molecule has 1 heterocycles. The first-order valence-electron chi connectivity index (χ1n) is 4.77. The molecule has 0 amide bonds. The highest BCUT2D eigenvalue weighted by Gasteiger charge is 2.51. The van der Waals surface area contributed by atoms with Crippen LogP contribution in [0, 0.1) is 25.6 Å². The average Bonchev–Trinajstić information content (AvgIpc) is 1.97. The van der Waals surface area contributed by atoms with E-state index in [2.05, 4.69) is 10.9 Å². The van der Waals surface area contributed by atoms with Crippen molar-refractivity contribution in [1.29, 1.82) is 0 Å². The van der Waals surface area contributed by atoms with Gasteiger partial charge in [0.15, 0.2) is 10.1 Å². The minimum Gasteiger partial charge on any atom is -0.380 e. The van der Waals surface area contributed by atoms with Crippen LogP contribution in [0.5, 0.6) is 0 Å². The highest BCUT2D eigenvalue weighted by Crippen LogP contribution is 2.35. The molecule has 0 aromatic heterocycles. The summed E-state index contributed by atoms with van der Waals surface area (Å²) in [7, 11) is 0. The van der Waals surface area contributed by atoms with E-state index in [9.17, 15) is 20.2 Å². The quantitative estimate of drug-likeness (QED) is 0.462. The molecule has 0 aliphatic carbocycles. The first-order chi connectivity index (χ1) is 7.38. The van der Waals surface area contributed by atoms with Crippen molar-refractivity contribution < 1.29 is 14.8 Å². The Hall–Kier alpha value is -1.64. The predicted octanol–water partition coefficient (Wildman–Crippen LogP) is -0.657. The van der Waals surface area contributed by atoms with E-state index in [4.69, 9.17) is 4.74 Å². The minimum atomic E-state index is -0.649. The second kappa shape index (κ2) is 4.47. The molecule has 9 nitrogen and oxygen atoms in total. The fourth-order valence-corrected chi connectivity index (χ4v) is 1.79. The number of nitrogens with one attached hydrogen (secondary N) is 2. The Kier molecular flexibility index (Phi) is 3.48. The molecule has 92 valence electrons. The van der Waals surface area contributed by atoms with Crippen LogP contribution in [0.2, 0.25) is 0 Å². The Morgan fingerprint density at radius 1 is 1.12 bits per heavy atom. The maximum absolute atomic E-state index is 10.3. The van der Waals surface area contributed by atoms with Crippen LogP contribution in [-0.2, 0) is 4.74 Å². The minimum absolute atomic E-state index is 0.261. The molecule has 2 unspecified atom stereocenters. The summed E-state index contributed by atoms with van der Waals surface area (Å²) < 4.78 is 5.02. The second-order valence-corrected chi connectivity index (χ2v) is 3.94. The zero-order valence-electron chi connectivity index (χ0n) is 9.00. The SMILES string of the molecule is CC(N[N+](=O)[O-])C1(C(C)N[N+](=O)[O-])COC1. The van der Waals surface area contributed by atoms with Crippen LogP contribution in [0.4, 0.5) is 0 Å². The molecule has 1 fully saturated rings. The van der Waals surface area contributed by atoms with Gasteiger partial charge in [0, 0.05) is 0 Å². The van der Waals surface area contributed by atoms with E-state index in [1.165, 1.54) is 0 Å². The third kappa shape index (κ3) is 2.30. The van der Waals surface area contributed by atoms with Crippen molar-refractivity contribution >= 4 is 0 Å². The average molecular weight is 234 g/mol. The molecule has 0 saturated carbocycles. The topological polar surface area (TPSA) is 120 Å². The van der Waals surface area contributed by atoms with Crippen LogP contribution in [0.15, 0.2) is 0 Å². The molecular weight excluding hydrogens is 220 g/mol. The zero-order chi connectivity index (χ0) is 12.3. The van der Waals surface area contributed by atoms with Gasteiger partial charge in [0.05, 0.1) is 30.7 Å². The number of hydrogen-bond donors (Lipinski definition) is 2. The molecule has 1 aliphatic heterocycles. The van der Waals surface area contributed by atoms with E-state index < -0.39 is 27.6 Å². The van der Waals surface area contributed by atoms with Gasteiger partial charge in [-0.05, 0) is 13.8 Å². The van der Waals surface area contributed by atoms with Gasteiger partial charge in [0.1, 0.15) is 0 Å². The summed E-state index contributed by atoms with van der Waals surface area (Å²) in [5.74, 6) is 0. The van der Waals surface area contributed by atoms with Gasteiger partial charge in [-0.1, -0.05) is 0 Å². The molecule has 16 heavy (non-hydrogen) atoms. The van der Waals surface area contributed by atoms with E-state index in [-0.39, 0.29) is 13.2 Å². The van der Waals surface area contributed by atoms with Gasteiger partial charge in [-0.2, -0.15) is 0 Å². The highest BCUT2D eigenvalue weighted by molar-refractivity contribution is 4.98. The van der Waals surface area contributed by atoms with E-state index in [0.29, 0.717) is 0 Å². The number of ether oxygens (including phenoxy) is 1. The summed E-state index contributed by atoms with van der Waals surface area (Å²) in [5, 5.41) is 19.4. The molecule has 0 aromatic carbocycles. The normalized spacial score (nSPS) is 21.4. The molecule has 9 heteroatoms. The summed E-state index contributed by atoms with van der Waals surface area (Å²) in [6.45, 7) is 3.75. The van der Waals surface area contributed by atoms with Crippen molar-refractivity contribution in [3.05, 3.63) is 20.2 Å². The van der Waals surface area contributed by atoms with Crippen LogP contribution in [0.1, 0.15) is 13.8 Å². The van der Waals surface area contributed by atoms with Crippen molar-refractivity contribution in [3.63, 3.8) is 0 Å². The highest BCUT2D eigenvalue weighted by atomic mass is 16.7. The van der Waals surface area contributed by atoms with Gasteiger partial charge < -0.3 is 4.74 Å². The van der Waals surface area contributed by atoms with Crippen LogP contribution in [0.3, 0.4) is 0 Å². The fourth-order valence-electron chi connectivity index (χ4n) is 1.79. The number of hydrazine groups is 2. The molecule has 2 N–H and O–H groups in total. The second-order valence-electron chi connectivity index (χ2n) is 3.94. The van der Waals surface area contributed by atoms with Gasteiger partial charge in [0.25, 0.3) is 0 Å². The van der Waals surface area contributed by atoms with Gasteiger partial charge in [-0.25, -0.2) is 20.2 Å². The smallest absolute Gasteiger partial charge is 0.157 e. The maximum atomic E-state index is 10.3. The van der Waals surface area contributed by atoms with Gasteiger partial charge in [-0.15, -0.1) is 10.9 Å². The molecule has 1 saturated heterocycles. The van der Waals surface area contributed by atoms with Crippen LogP contribution < -0.4 is 10.9 Å². The van der Waals surface area contributed by atoms with Crippen molar-refractivity contribution in [2.24, 2.45) is 5.41 Å².